The Balaban J connectivity index is 2.77. The highest BCUT2D eigenvalue weighted by molar-refractivity contribution is 5.44. The van der Waals surface area contributed by atoms with Crippen molar-refractivity contribution in [3.63, 3.8) is 0 Å². The van der Waals surface area contributed by atoms with Crippen LogP contribution >= 0.6 is 0 Å². The van der Waals surface area contributed by atoms with E-state index in [0.717, 1.165) is 5.69 Å². The van der Waals surface area contributed by atoms with Gasteiger partial charge in [0.05, 0.1) is 12.6 Å². The van der Waals surface area contributed by atoms with Gasteiger partial charge in [0.2, 0.25) is 0 Å². The molecular weight excluding hydrogens is 228 g/mol. The molecule has 0 aliphatic heterocycles. The van der Waals surface area contributed by atoms with Crippen molar-refractivity contribution in [3.05, 3.63) is 30.3 Å². The molecule has 102 valence electrons. The van der Waals surface area contributed by atoms with Gasteiger partial charge in [0.25, 0.3) is 0 Å². The summed E-state index contributed by atoms with van der Waals surface area (Å²) in [4.78, 5) is 0. The van der Waals surface area contributed by atoms with Gasteiger partial charge in [-0.1, -0.05) is 18.2 Å². The molecule has 1 rings (SSSR count). The van der Waals surface area contributed by atoms with Gasteiger partial charge in [0.1, 0.15) is 5.72 Å². The van der Waals surface area contributed by atoms with Crippen molar-refractivity contribution in [2.75, 3.05) is 11.9 Å². The third kappa shape index (κ3) is 4.64. The Morgan fingerprint density at radius 1 is 1.11 bits per heavy atom. The normalized spacial score (nSPS) is 17.0. The Morgan fingerprint density at radius 2 is 1.67 bits per heavy atom. The van der Waals surface area contributed by atoms with E-state index < -0.39 is 11.8 Å². The fourth-order valence-electron chi connectivity index (χ4n) is 1.79. The second-order valence-electron chi connectivity index (χ2n) is 5.77. The lowest BCUT2D eigenvalue weighted by molar-refractivity contribution is 0.0127. The number of hydrogen-bond acceptors (Lipinski definition) is 4. The molecule has 1 aromatic rings. The molecule has 0 aliphatic carbocycles. The summed E-state index contributed by atoms with van der Waals surface area (Å²) in [7, 11) is 0. The number of nitrogens with one attached hydrogen (secondary N) is 2. The number of para-hydroxylation sites is 1. The van der Waals surface area contributed by atoms with Gasteiger partial charge in [0.15, 0.2) is 0 Å². The fourth-order valence-corrected chi connectivity index (χ4v) is 1.79. The largest absolute Gasteiger partial charge is 0.395 e. The minimum Gasteiger partial charge on any atom is -0.395 e. The molecule has 18 heavy (non-hydrogen) atoms. The topological polar surface area (TPSA) is 64.5 Å². The van der Waals surface area contributed by atoms with E-state index in [-0.39, 0.29) is 12.1 Å². The third-order valence-corrected chi connectivity index (χ3v) is 2.64. The molecule has 0 saturated carbocycles. The highest BCUT2D eigenvalue weighted by Gasteiger charge is 2.33. The van der Waals surface area contributed by atoms with Gasteiger partial charge in [-0.25, -0.2) is 0 Å². The highest BCUT2D eigenvalue weighted by atomic mass is 16.3. The van der Waals surface area contributed by atoms with E-state index in [1.165, 1.54) is 0 Å². The number of benzene rings is 1. The van der Waals surface area contributed by atoms with Crippen molar-refractivity contribution < 1.29 is 10.2 Å². The lowest BCUT2D eigenvalue weighted by Gasteiger charge is -2.38. The second kappa shape index (κ2) is 5.69. The predicted molar refractivity (Wildman–Crippen MR) is 74.5 cm³/mol. The summed E-state index contributed by atoms with van der Waals surface area (Å²) in [6, 6.07) is 8.99. The van der Waals surface area contributed by atoms with E-state index in [2.05, 4.69) is 10.6 Å². The Bertz CT molecular complexity index is 358. The number of hydrogen-bond donors (Lipinski definition) is 4. The van der Waals surface area contributed by atoms with Crippen LogP contribution in [-0.4, -0.2) is 34.1 Å². The summed E-state index contributed by atoms with van der Waals surface area (Å²) < 4.78 is 0. The average Bonchev–Trinajstić information content (AvgIpc) is 2.25. The van der Waals surface area contributed by atoms with Crippen LogP contribution in [0.2, 0.25) is 0 Å². The summed E-state index contributed by atoms with van der Waals surface area (Å²) in [6.45, 7) is 7.49. The minimum absolute atomic E-state index is 0.149. The molecule has 0 spiro atoms. The molecule has 1 aromatic carbocycles. The van der Waals surface area contributed by atoms with Crippen molar-refractivity contribution in [1.29, 1.82) is 0 Å². The summed E-state index contributed by atoms with van der Waals surface area (Å²) in [5, 5.41) is 26.1. The fraction of sp³-hybridized carbons (Fsp3) is 0.571. The second-order valence-corrected chi connectivity index (χ2v) is 5.77. The summed E-state index contributed by atoms with van der Waals surface area (Å²) in [5.41, 5.74) is -0.601. The zero-order chi connectivity index (χ0) is 13.8. The van der Waals surface area contributed by atoms with Gasteiger partial charge in [-0.2, -0.15) is 0 Å². The first-order valence-electron chi connectivity index (χ1n) is 6.19. The number of aliphatic hydroxyl groups excluding tert-OH is 1. The van der Waals surface area contributed by atoms with Gasteiger partial charge in [-0.05, 0) is 39.8 Å². The van der Waals surface area contributed by atoms with Crippen molar-refractivity contribution >= 4 is 5.69 Å². The van der Waals surface area contributed by atoms with Crippen molar-refractivity contribution in [1.82, 2.24) is 5.32 Å². The van der Waals surface area contributed by atoms with Gasteiger partial charge in [0, 0.05) is 11.2 Å². The maximum absolute atomic E-state index is 10.5. The predicted octanol–water partition coefficient (Wildman–Crippen LogP) is 1.56. The number of aliphatic hydroxyl groups is 2. The van der Waals surface area contributed by atoms with Crippen LogP contribution in [0.3, 0.4) is 0 Å². The van der Waals surface area contributed by atoms with Crippen LogP contribution in [0.1, 0.15) is 27.7 Å². The van der Waals surface area contributed by atoms with Gasteiger partial charge in [-0.15, -0.1) is 0 Å². The van der Waals surface area contributed by atoms with Crippen LogP contribution in [0, 0.1) is 0 Å². The first kappa shape index (κ1) is 15.0. The van der Waals surface area contributed by atoms with Gasteiger partial charge < -0.3 is 20.8 Å². The molecule has 0 heterocycles. The quantitative estimate of drug-likeness (QED) is 0.601. The van der Waals surface area contributed by atoms with E-state index in [0.29, 0.717) is 0 Å². The van der Waals surface area contributed by atoms with E-state index in [1.807, 2.05) is 51.1 Å². The van der Waals surface area contributed by atoms with E-state index >= 15 is 0 Å². The van der Waals surface area contributed by atoms with Gasteiger partial charge in [-0.3, -0.25) is 0 Å². The SMILES string of the molecule is CC(C)(C)NC(CO)C(C)(O)Nc1ccccc1. The zero-order valence-corrected chi connectivity index (χ0v) is 11.6. The minimum atomic E-state index is -1.23. The molecular formula is C14H24N2O2. The Kier molecular flexibility index (Phi) is 4.73. The van der Waals surface area contributed by atoms with Gasteiger partial charge >= 0.3 is 0 Å². The summed E-state index contributed by atoms with van der Waals surface area (Å²) in [6.07, 6.45) is 0. The Morgan fingerprint density at radius 3 is 2.11 bits per heavy atom. The first-order valence-corrected chi connectivity index (χ1v) is 6.19. The maximum atomic E-state index is 10.5. The van der Waals surface area contributed by atoms with Crippen LogP contribution in [0.5, 0.6) is 0 Å². The standard InChI is InChI=1S/C14H24N2O2/c1-13(2,3)16-12(10-17)14(4,18)15-11-8-6-5-7-9-11/h5-9,12,15-18H,10H2,1-4H3. The molecule has 4 heteroatoms. The maximum Gasteiger partial charge on any atom is 0.150 e. The molecule has 4 N–H and O–H groups in total. The molecule has 0 aliphatic rings. The molecule has 0 radical (unpaired) electrons. The molecule has 0 amide bonds. The molecule has 0 bridgehead atoms. The average molecular weight is 252 g/mol. The van der Waals surface area contributed by atoms with Crippen molar-refractivity contribution in [2.24, 2.45) is 0 Å². The molecule has 4 nitrogen and oxygen atoms in total. The van der Waals surface area contributed by atoms with E-state index in [4.69, 9.17) is 0 Å². The Hall–Kier alpha value is -1.10. The molecule has 2 atom stereocenters. The van der Waals surface area contributed by atoms with E-state index in [1.54, 1.807) is 6.92 Å². The molecule has 0 aromatic heterocycles. The monoisotopic (exact) mass is 252 g/mol. The van der Waals surface area contributed by atoms with E-state index in [9.17, 15) is 10.2 Å². The Labute approximate surface area is 109 Å². The lowest BCUT2D eigenvalue weighted by Crippen LogP contribution is -2.60. The summed E-state index contributed by atoms with van der Waals surface area (Å²) >= 11 is 0. The summed E-state index contributed by atoms with van der Waals surface area (Å²) in [5.74, 6) is 0. The zero-order valence-electron chi connectivity index (χ0n) is 11.6. The third-order valence-electron chi connectivity index (χ3n) is 2.64. The molecule has 0 fully saturated rings. The van der Waals surface area contributed by atoms with Crippen LogP contribution in [0.15, 0.2) is 30.3 Å². The first-order chi connectivity index (χ1) is 8.24. The van der Waals surface area contributed by atoms with Crippen LogP contribution in [0.4, 0.5) is 5.69 Å². The number of anilines is 1. The van der Waals surface area contributed by atoms with Crippen LogP contribution < -0.4 is 10.6 Å². The van der Waals surface area contributed by atoms with Crippen molar-refractivity contribution in [2.45, 2.75) is 45.0 Å². The highest BCUT2D eigenvalue weighted by Crippen LogP contribution is 2.17. The van der Waals surface area contributed by atoms with Crippen LogP contribution in [-0.2, 0) is 0 Å². The molecule has 0 saturated heterocycles. The van der Waals surface area contributed by atoms with Crippen molar-refractivity contribution in [3.8, 4) is 0 Å². The smallest absolute Gasteiger partial charge is 0.150 e. The van der Waals surface area contributed by atoms with Crippen LogP contribution in [0.25, 0.3) is 0 Å². The molecule has 2 unspecified atom stereocenters. The number of rotatable bonds is 5. The lowest BCUT2D eigenvalue weighted by atomic mass is 10.0.